The molecule has 3 heterocycles. The Morgan fingerprint density at radius 3 is 2.47 bits per heavy atom. The number of unbranched alkanes of at least 4 members (excludes halogenated alkanes) is 1. The van der Waals surface area contributed by atoms with Gasteiger partial charge in [0.25, 0.3) is 0 Å². The Bertz CT molecular complexity index is 894. The standard InChI is InChI=1S/C26H35N3O2S/c1-30-22-8-9-26-24(20-22)29(23-6-2-3-7-25(23)32-26)13-5-4-12-27-14-10-21(11-15-27)28-16-18-31-19-17-28/h2-3,6-9,20-21H,4-5,10-19H2,1H3. The molecule has 2 fully saturated rings. The first kappa shape index (κ1) is 22.1. The van der Waals surface area contributed by atoms with Crippen LogP contribution in [0.15, 0.2) is 52.3 Å². The fourth-order valence-corrected chi connectivity index (χ4v) is 6.31. The van der Waals surface area contributed by atoms with Gasteiger partial charge in [0, 0.05) is 41.5 Å². The van der Waals surface area contributed by atoms with Crippen molar-refractivity contribution in [3.8, 4) is 5.75 Å². The van der Waals surface area contributed by atoms with Crippen molar-refractivity contribution in [2.45, 2.75) is 41.5 Å². The van der Waals surface area contributed by atoms with Crippen molar-refractivity contribution in [1.82, 2.24) is 9.80 Å². The smallest absolute Gasteiger partial charge is 0.121 e. The highest BCUT2D eigenvalue weighted by molar-refractivity contribution is 7.99. The van der Waals surface area contributed by atoms with Gasteiger partial charge in [-0.3, -0.25) is 4.90 Å². The Kier molecular flexibility index (Phi) is 7.22. The van der Waals surface area contributed by atoms with Gasteiger partial charge < -0.3 is 19.3 Å². The van der Waals surface area contributed by atoms with Crippen LogP contribution in [0.3, 0.4) is 0 Å². The third-order valence-electron chi connectivity index (χ3n) is 7.06. The van der Waals surface area contributed by atoms with Gasteiger partial charge in [-0.25, -0.2) is 0 Å². The largest absolute Gasteiger partial charge is 0.497 e. The van der Waals surface area contributed by atoms with Crippen molar-refractivity contribution in [2.75, 3.05) is 64.5 Å². The Labute approximate surface area is 196 Å². The average molecular weight is 454 g/mol. The number of rotatable bonds is 7. The summed E-state index contributed by atoms with van der Waals surface area (Å²) in [5.41, 5.74) is 2.60. The SMILES string of the molecule is COc1ccc2c(c1)N(CCCCN1CCC(N3CCOCC3)CC1)c1ccccc1S2. The Hall–Kier alpha value is -1.73. The summed E-state index contributed by atoms with van der Waals surface area (Å²) >= 11 is 1.86. The van der Waals surface area contributed by atoms with Crippen LogP contribution in [0, 0.1) is 0 Å². The average Bonchev–Trinajstić information content (AvgIpc) is 2.86. The lowest BCUT2D eigenvalue weighted by atomic mass is 10.0. The molecule has 0 aliphatic carbocycles. The minimum absolute atomic E-state index is 0.768. The van der Waals surface area contributed by atoms with Crippen molar-refractivity contribution in [3.63, 3.8) is 0 Å². The first-order valence-corrected chi connectivity index (χ1v) is 12.9. The minimum atomic E-state index is 0.768. The molecule has 0 radical (unpaired) electrons. The quantitative estimate of drug-likeness (QED) is 0.555. The van der Waals surface area contributed by atoms with Gasteiger partial charge in [0.15, 0.2) is 0 Å². The van der Waals surface area contributed by atoms with E-state index in [4.69, 9.17) is 9.47 Å². The molecule has 0 spiro atoms. The zero-order valence-electron chi connectivity index (χ0n) is 19.2. The lowest BCUT2D eigenvalue weighted by Crippen LogP contribution is -2.49. The molecule has 0 unspecified atom stereocenters. The molecular formula is C26H35N3O2S. The third-order valence-corrected chi connectivity index (χ3v) is 8.19. The predicted molar refractivity (Wildman–Crippen MR) is 132 cm³/mol. The number of benzene rings is 2. The topological polar surface area (TPSA) is 28.2 Å². The van der Waals surface area contributed by atoms with Crippen molar-refractivity contribution in [1.29, 1.82) is 0 Å². The van der Waals surface area contributed by atoms with Crippen LogP contribution in [0.2, 0.25) is 0 Å². The van der Waals surface area contributed by atoms with Crippen LogP contribution in [0.5, 0.6) is 5.75 Å². The van der Waals surface area contributed by atoms with Crippen LogP contribution in [-0.2, 0) is 4.74 Å². The van der Waals surface area contributed by atoms with Crippen molar-refractivity contribution in [3.05, 3.63) is 42.5 Å². The number of methoxy groups -OCH3 is 1. The number of morpholine rings is 1. The maximum Gasteiger partial charge on any atom is 0.121 e. The molecule has 5 rings (SSSR count). The van der Waals surface area contributed by atoms with Crippen LogP contribution in [0.4, 0.5) is 11.4 Å². The summed E-state index contributed by atoms with van der Waals surface area (Å²) in [5.74, 6) is 0.928. The van der Waals surface area contributed by atoms with Crippen LogP contribution in [0.1, 0.15) is 25.7 Å². The van der Waals surface area contributed by atoms with Crippen LogP contribution in [0.25, 0.3) is 0 Å². The second kappa shape index (κ2) is 10.5. The molecular weight excluding hydrogens is 418 g/mol. The van der Waals surface area contributed by atoms with E-state index >= 15 is 0 Å². The predicted octanol–water partition coefficient (Wildman–Crippen LogP) is 4.87. The second-order valence-corrected chi connectivity index (χ2v) is 10.1. The first-order valence-electron chi connectivity index (χ1n) is 12.1. The normalized spacial score (nSPS) is 20.1. The number of piperidine rings is 1. The molecule has 5 nitrogen and oxygen atoms in total. The van der Waals surface area contributed by atoms with Crippen molar-refractivity contribution >= 4 is 23.1 Å². The number of anilines is 2. The highest BCUT2D eigenvalue weighted by Gasteiger charge is 2.26. The number of likely N-dealkylation sites (tertiary alicyclic amines) is 1. The number of hydrogen-bond acceptors (Lipinski definition) is 6. The van der Waals surface area contributed by atoms with Crippen LogP contribution in [-0.4, -0.2) is 75.4 Å². The maximum atomic E-state index is 5.52. The monoisotopic (exact) mass is 453 g/mol. The van der Waals surface area contributed by atoms with Gasteiger partial charge in [0.2, 0.25) is 0 Å². The van der Waals surface area contributed by atoms with E-state index in [0.717, 1.165) is 44.6 Å². The van der Waals surface area contributed by atoms with Gasteiger partial charge in [-0.15, -0.1) is 0 Å². The summed E-state index contributed by atoms with van der Waals surface area (Å²) < 4.78 is 11.0. The molecule has 172 valence electrons. The van der Waals surface area contributed by atoms with Gasteiger partial charge in [-0.1, -0.05) is 23.9 Å². The highest BCUT2D eigenvalue weighted by atomic mass is 32.2. The molecule has 2 aromatic rings. The van der Waals surface area contributed by atoms with E-state index in [1.54, 1.807) is 7.11 Å². The summed E-state index contributed by atoms with van der Waals surface area (Å²) in [6.45, 7) is 8.79. The van der Waals surface area contributed by atoms with Crippen molar-refractivity contribution in [2.24, 2.45) is 0 Å². The molecule has 0 N–H and O–H groups in total. The highest BCUT2D eigenvalue weighted by Crippen LogP contribution is 2.49. The minimum Gasteiger partial charge on any atom is -0.497 e. The number of fused-ring (bicyclic) bond motifs is 2. The zero-order chi connectivity index (χ0) is 21.8. The molecule has 0 atom stereocenters. The van der Waals surface area contributed by atoms with Gasteiger partial charge in [0.1, 0.15) is 5.75 Å². The molecule has 32 heavy (non-hydrogen) atoms. The molecule has 2 saturated heterocycles. The zero-order valence-corrected chi connectivity index (χ0v) is 20.0. The second-order valence-electron chi connectivity index (χ2n) is 8.98. The summed E-state index contributed by atoms with van der Waals surface area (Å²) in [4.78, 5) is 10.5. The number of hydrogen-bond donors (Lipinski definition) is 0. The lowest BCUT2D eigenvalue weighted by Gasteiger charge is -2.40. The van der Waals surface area contributed by atoms with Gasteiger partial charge in [0.05, 0.1) is 31.7 Å². The van der Waals surface area contributed by atoms with E-state index in [9.17, 15) is 0 Å². The third kappa shape index (κ3) is 4.93. The molecule has 0 aromatic heterocycles. The van der Waals surface area contributed by atoms with Gasteiger partial charge in [-0.05, 0) is 69.6 Å². The molecule has 3 aliphatic rings. The summed E-state index contributed by atoms with van der Waals surface area (Å²) in [6.07, 6.45) is 5.06. The van der Waals surface area contributed by atoms with E-state index in [-0.39, 0.29) is 0 Å². The summed E-state index contributed by atoms with van der Waals surface area (Å²) in [5, 5.41) is 0. The van der Waals surface area contributed by atoms with E-state index in [1.165, 1.54) is 66.5 Å². The van der Waals surface area contributed by atoms with Gasteiger partial charge >= 0.3 is 0 Å². The molecule has 0 saturated carbocycles. The fraction of sp³-hybridized carbons (Fsp3) is 0.538. The lowest BCUT2D eigenvalue weighted by molar-refractivity contribution is 0.000827. The molecule has 6 heteroatoms. The molecule has 2 aromatic carbocycles. The Morgan fingerprint density at radius 1 is 0.906 bits per heavy atom. The fourth-order valence-electron chi connectivity index (χ4n) is 5.23. The summed E-state index contributed by atoms with van der Waals surface area (Å²) in [6, 6.07) is 16.0. The van der Waals surface area contributed by atoms with Gasteiger partial charge in [-0.2, -0.15) is 0 Å². The van der Waals surface area contributed by atoms with E-state index in [1.807, 2.05) is 11.8 Å². The van der Waals surface area contributed by atoms with Crippen LogP contribution >= 0.6 is 11.8 Å². The maximum absolute atomic E-state index is 5.52. The molecule has 0 amide bonds. The number of ether oxygens (including phenoxy) is 2. The first-order chi connectivity index (χ1) is 15.8. The van der Waals surface area contributed by atoms with E-state index in [2.05, 4.69) is 57.2 Å². The van der Waals surface area contributed by atoms with E-state index in [0.29, 0.717) is 0 Å². The number of para-hydroxylation sites is 1. The molecule has 0 bridgehead atoms. The molecule has 3 aliphatic heterocycles. The Balaban J connectivity index is 1.15. The summed E-state index contributed by atoms with van der Waals surface area (Å²) in [7, 11) is 1.75. The van der Waals surface area contributed by atoms with Crippen LogP contribution < -0.4 is 9.64 Å². The van der Waals surface area contributed by atoms with Crippen molar-refractivity contribution < 1.29 is 9.47 Å². The van der Waals surface area contributed by atoms with E-state index < -0.39 is 0 Å². The number of nitrogens with zero attached hydrogens (tertiary/aromatic N) is 3. The Morgan fingerprint density at radius 2 is 1.66 bits per heavy atom.